The highest BCUT2D eigenvalue weighted by atomic mass is 19.1. The molecule has 5 aromatic rings. The van der Waals surface area contributed by atoms with E-state index in [9.17, 15) is 13.6 Å². The number of aryl methyl sites for hydroxylation is 2. The number of carbonyl (C=O) groups excluding carboxylic acids is 1. The number of amides is 1. The van der Waals surface area contributed by atoms with E-state index in [-0.39, 0.29) is 17.3 Å². The summed E-state index contributed by atoms with van der Waals surface area (Å²) in [5.41, 5.74) is 4.45. The summed E-state index contributed by atoms with van der Waals surface area (Å²) in [5, 5.41) is 5.60. The van der Waals surface area contributed by atoms with Crippen LogP contribution in [-0.4, -0.2) is 56.7 Å². The van der Waals surface area contributed by atoms with Gasteiger partial charge in [-0.25, -0.2) is 23.4 Å². The van der Waals surface area contributed by atoms with E-state index >= 15 is 0 Å². The first-order valence-electron chi connectivity index (χ1n) is 13.7. The fourth-order valence-corrected chi connectivity index (χ4v) is 5.30. The maximum Gasteiger partial charge on any atom is 0.256 e. The lowest BCUT2D eigenvalue weighted by molar-refractivity contribution is 0.0762. The molecule has 9 heteroatoms. The van der Waals surface area contributed by atoms with Crippen LogP contribution in [-0.2, 0) is 6.42 Å². The van der Waals surface area contributed by atoms with E-state index in [2.05, 4.69) is 29.2 Å². The highest BCUT2D eigenvalue weighted by molar-refractivity contribution is 5.95. The van der Waals surface area contributed by atoms with Crippen molar-refractivity contribution in [2.75, 3.05) is 31.1 Å². The lowest BCUT2D eigenvalue weighted by Gasteiger charge is -2.24. The zero-order chi connectivity index (χ0) is 28.5. The molecule has 1 fully saturated rings. The topological polar surface area (TPSA) is 67.2 Å². The first kappa shape index (κ1) is 26.6. The molecule has 0 aliphatic carbocycles. The zero-order valence-electron chi connectivity index (χ0n) is 23.0. The first-order valence-corrected chi connectivity index (χ1v) is 13.7. The van der Waals surface area contributed by atoms with Gasteiger partial charge in [-0.15, -0.1) is 0 Å². The van der Waals surface area contributed by atoms with Crippen molar-refractivity contribution in [3.8, 4) is 5.69 Å². The molecule has 0 spiro atoms. The van der Waals surface area contributed by atoms with Gasteiger partial charge in [0.1, 0.15) is 23.3 Å². The molecule has 0 bridgehead atoms. The number of benzene rings is 3. The Balaban J connectivity index is 1.39. The predicted octanol–water partition coefficient (Wildman–Crippen LogP) is 5.65. The van der Waals surface area contributed by atoms with Crippen LogP contribution < -0.4 is 4.90 Å². The van der Waals surface area contributed by atoms with Gasteiger partial charge in [0.15, 0.2) is 5.65 Å². The fraction of sp³-hybridized carbons (Fsp3) is 0.250. The minimum absolute atomic E-state index is 0.0854. The van der Waals surface area contributed by atoms with E-state index < -0.39 is 5.82 Å². The van der Waals surface area contributed by atoms with E-state index in [1.165, 1.54) is 29.8 Å². The lowest BCUT2D eigenvalue weighted by Crippen LogP contribution is -2.36. The summed E-state index contributed by atoms with van der Waals surface area (Å²) >= 11 is 0. The van der Waals surface area contributed by atoms with Crippen LogP contribution in [0.3, 0.4) is 0 Å². The molecule has 3 aromatic carbocycles. The summed E-state index contributed by atoms with van der Waals surface area (Å²) < 4.78 is 29.8. The predicted molar refractivity (Wildman–Crippen MR) is 154 cm³/mol. The van der Waals surface area contributed by atoms with Crippen LogP contribution in [0, 0.1) is 25.5 Å². The molecule has 41 heavy (non-hydrogen) atoms. The second-order valence-electron chi connectivity index (χ2n) is 10.4. The Bertz CT molecular complexity index is 1720. The first-order chi connectivity index (χ1) is 19.9. The van der Waals surface area contributed by atoms with Gasteiger partial charge in [0.2, 0.25) is 0 Å². The van der Waals surface area contributed by atoms with Crippen molar-refractivity contribution in [2.24, 2.45) is 0 Å². The van der Waals surface area contributed by atoms with Gasteiger partial charge in [0.05, 0.1) is 22.3 Å². The third kappa shape index (κ3) is 5.39. The number of rotatable bonds is 5. The minimum Gasteiger partial charge on any atom is -0.354 e. The number of halogens is 2. The molecule has 0 atom stereocenters. The molecule has 1 saturated heterocycles. The molecular weight excluding hydrogens is 522 g/mol. The average Bonchev–Trinajstić information content (AvgIpc) is 3.13. The molecule has 0 radical (unpaired) electrons. The van der Waals surface area contributed by atoms with Gasteiger partial charge in [-0.05, 0) is 62.2 Å². The standard InChI is InChI=1S/C32H30F2N6O/c1-21-8-10-23(11-9-21)20-28-35-30(29-22(2)37-40(31(29)36-28)25-14-12-24(33)13-15-25)38-16-5-17-39(19-18-38)32(41)26-6-3-4-7-27(26)34/h3-4,6-15H,5,16-20H2,1-2H3. The Kier molecular flexibility index (Phi) is 7.17. The molecule has 3 heterocycles. The highest BCUT2D eigenvalue weighted by Gasteiger charge is 2.26. The Morgan fingerprint density at radius 3 is 2.37 bits per heavy atom. The summed E-state index contributed by atoms with van der Waals surface area (Å²) in [5.74, 6) is 0.251. The molecule has 0 N–H and O–H groups in total. The van der Waals surface area contributed by atoms with Crippen LogP contribution in [0.5, 0.6) is 0 Å². The van der Waals surface area contributed by atoms with Crippen LogP contribution in [0.1, 0.15) is 39.4 Å². The second-order valence-corrected chi connectivity index (χ2v) is 10.4. The average molecular weight is 553 g/mol. The molecule has 6 rings (SSSR count). The van der Waals surface area contributed by atoms with Crippen LogP contribution >= 0.6 is 0 Å². The molecular formula is C32H30F2N6O. The largest absolute Gasteiger partial charge is 0.354 e. The third-order valence-corrected chi connectivity index (χ3v) is 7.47. The highest BCUT2D eigenvalue weighted by Crippen LogP contribution is 2.30. The van der Waals surface area contributed by atoms with Gasteiger partial charge in [-0.3, -0.25) is 4.79 Å². The quantitative estimate of drug-likeness (QED) is 0.282. The Labute approximate surface area is 237 Å². The van der Waals surface area contributed by atoms with Crippen LogP contribution in [0.2, 0.25) is 0 Å². The molecule has 1 aliphatic heterocycles. The Hall–Kier alpha value is -4.66. The van der Waals surface area contributed by atoms with E-state index in [0.29, 0.717) is 56.2 Å². The SMILES string of the molecule is Cc1ccc(Cc2nc(N3CCCN(C(=O)c4ccccc4F)CC3)c3c(C)nn(-c4ccc(F)cc4)c3n2)cc1. The van der Waals surface area contributed by atoms with Crippen molar-refractivity contribution < 1.29 is 13.6 Å². The van der Waals surface area contributed by atoms with Crippen molar-refractivity contribution in [1.82, 2.24) is 24.6 Å². The Morgan fingerprint density at radius 2 is 1.61 bits per heavy atom. The molecule has 7 nitrogen and oxygen atoms in total. The molecule has 0 saturated carbocycles. The molecule has 0 unspecified atom stereocenters. The number of nitrogens with zero attached hydrogens (tertiary/aromatic N) is 6. The zero-order valence-corrected chi connectivity index (χ0v) is 23.0. The number of aromatic nitrogens is 4. The van der Waals surface area contributed by atoms with Crippen molar-refractivity contribution in [2.45, 2.75) is 26.7 Å². The summed E-state index contributed by atoms with van der Waals surface area (Å²) in [6.07, 6.45) is 1.23. The van der Waals surface area contributed by atoms with Gasteiger partial charge >= 0.3 is 0 Å². The van der Waals surface area contributed by atoms with Gasteiger partial charge in [0, 0.05) is 32.6 Å². The normalized spacial score (nSPS) is 14.0. The summed E-state index contributed by atoms with van der Waals surface area (Å²) in [7, 11) is 0. The lowest BCUT2D eigenvalue weighted by atomic mass is 10.1. The minimum atomic E-state index is -0.513. The number of fused-ring (bicyclic) bond motifs is 1. The smallest absolute Gasteiger partial charge is 0.256 e. The van der Waals surface area contributed by atoms with Gasteiger partial charge in [-0.2, -0.15) is 5.10 Å². The fourth-order valence-electron chi connectivity index (χ4n) is 5.30. The maximum absolute atomic E-state index is 14.4. The van der Waals surface area contributed by atoms with Crippen molar-refractivity contribution in [3.05, 3.63) is 113 Å². The molecule has 1 amide bonds. The summed E-state index contributed by atoms with van der Waals surface area (Å²) in [6.45, 7) is 6.10. The van der Waals surface area contributed by atoms with E-state index in [1.54, 1.807) is 33.8 Å². The number of hydrogen-bond acceptors (Lipinski definition) is 5. The molecule has 1 aliphatic rings. The summed E-state index contributed by atoms with van der Waals surface area (Å²) in [6, 6.07) is 20.6. The van der Waals surface area contributed by atoms with Crippen LogP contribution in [0.4, 0.5) is 14.6 Å². The van der Waals surface area contributed by atoms with Crippen molar-refractivity contribution in [1.29, 1.82) is 0 Å². The van der Waals surface area contributed by atoms with Gasteiger partial charge in [-0.1, -0.05) is 42.0 Å². The van der Waals surface area contributed by atoms with Gasteiger partial charge < -0.3 is 9.80 Å². The monoisotopic (exact) mass is 552 g/mol. The third-order valence-electron chi connectivity index (χ3n) is 7.47. The molecule has 208 valence electrons. The van der Waals surface area contributed by atoms with E-state index in [4.69, 9.17) is 15.1 Å². The molecule has 2 aromatic heterocycles. The van der Waals surface area contributed by atoms with E-state index in [0.717, 1.165) is 22.5 Å². The van der Waals surface area contributed by atoms with Crippen LogP contribution in [0.15, 0.2) is 72.8 Å². The van der Waals surface area contributed by atoms with Crippen molar-refractivity contribution in [3.63, 3.8) is 0 Å². The number of carbonyl (C=O) groups is 1. The summed E-state index contributed by atoms with van der Waals surface area (Å²) in [4.78, 5) is 27.0. The maximum atomic E-state index is 14.4. The van der Waals surface area contributed by atoms with Gasteiger partial charge in [0.25, 0.3) is 5.91 Å². The second kappa shape index (κ2) is 11.1. The van der Waals surface area contributed by atoms with Crippen LogP contribution in [0.25, 0.3) is 16.7 Å². The Morgan fingerprint density at radius 1 is 0.854 bits per heavy atom. The number of anilines is 1. The van der Waals surface area contributed by atoms with Crippen molar-refractivity contribution >= 4 is 22.8 Å². The van der Waals surface area contributed by atoms with E-state index in [1.807, 2.05) is 13.8 Å². The number of hydrogen-bond donors (Lipinski definition) is 0.